The van der Waals surface area contributed by atoms with Crippen LogP contribution < -0.4 is 9.80 Å². The second-order valence-electron chi connectivity index (χ2n) is 15.1. The average molecular weight is 804 g/mol. The van der Waals surface area contributed by atoms with Gasteiger partial charge in [0.2, 0.25) is 0 Å². The van der Waals surface area contributed by atoms with Crippen LogP contribution in [0.1, 0.15) is 51.0 Å². The van der Waals surface area contributed by atoms with Crippen molar-refractivity contribution < 1.29 is 26.0 Å². The topological polar surface area (TPSA) is 24.3 Å². The first kappa shape index (κ1) is 21.5. The second kappa shape index (κ2) is 14.8. The summed E-state index contributed by atoms with van der Waals surface area (Å²) < 4.78 is 170. The molecule has 0 N–H and O–H groups in total. The lowest BCUT2D eigenvalue weighted by atomic mass is 9.77. The van der Waals surface area contributed by atoms with Crippen molar-refractivity contribution >= 4 is 44.6 Å². The number of hydrogen-bond acceptors (Lipinski definition) is 3. The smallest absolute Gasteiger partial charge is 0.137 e. The van der Waals surface area contributed by atoms with Crippen molar-refractivity contribution in [1.29, 1.82) is 0 Å². The van der Waals surface area contributed by atoms with E-state index in [4.69, 9.17) is 20.6 Å². The molecule has 0 atom stereocenters. The van der Waals surface area contributed by atoms with Gasteiger partial charge < -0.3 is 9.80 Å². The van der Waals surface area contributed by atoms with Crippen LogP contribution in [0, 0.1) is 0 Å². The highest BCUT2D eigenvalue weighted by Gasteiger charge is 2.33. The molecule has 2 aromatic heterocycles. The number of pyridine rings is 1. The minimum atomic E-state index is -0.773. The molecule has 1 aliphatic rings. The molecular formula is C57H44N4. The molecule has 11 rings (SSSR count). The minimum Gasteiger partial charge on any atom is -0.321 e. The number of para-hydroxylation sites is 3. The third-order valence-electron chi connectivity index (χ3n) is 11.3. The van der Waals surface area contributed by atoms with Gasteiger partial charge in [0.15, 0.2) is 0 Å². The number of rotatable bonds is 8. The van der Waals surface area contributed by atoms with Crippen LogP contribution in [0.2, 0.25) is 0 Å². The van der Waals surface area contributed by atoms with Gasteiger partial charge in [0.25, 0.3) is 0 Å². The maximum absolute atomic E-state index is 9.33. The van der Waals surface area contributed by atoms with Crippen LogP contribution in [0.4, 0.5) is 22.7 Å². The Hall–Kier alpha value is -7.69. The third kappa shape index (κ3) is 6.27. The van der Waals surface area contributed by atoms with Gasteiger partial charge in [-0.15, -0.1) is 0 Å². The van der Waals surface area contributed by atoms with Gasteiger partial charge in [0.05, 0.1) is 54.1 Å². The average Bonchev–Trinajstić information content (AvgIpc) is 4.02. The van der Waals surface area contributed by atoms with Gasteiger partial charge >= 0.3 is 0 Å². The Kier molecular flexibility index (Phi) is 5.24. The van der Waals surface area contributed by atoms with Crippen molar-refractivity contribution in [2.75, 3.05) is 16.5 Å². The lowest BCUT2D eigenvalue weighted by molar-refractivity contribution is 0.641. The summed E-state index contributed by atoms with van der Waals surface area (Å²) in [6.45, 7) is 3.99. The van der Waals surface area contributed by atoms with E-state index in [9.17, 15) is 5.48 Å². The van der Waals surface area contributed by atoms with Crippen LogP contribution in [-0.2, 0) is 5.41 Å². The first-order valence-electron chi connectivity index (χ1n) is 29.0. The van der Waals surface area contributed by atoms with Crippen molar-refractivity contribution in [2.45, 2.75) is 19.3 Å². The Bertz CT molecular complexity index is 4150. The van der Waals surface area contributed by atoms with Crippen molar-refractivity contribution in [3.05, 3.63) is 229 Å². The lowest BCUT2D eigenvalue weighted by Gasteiger charge is -2.30. The van der Waals surface area contributed by atoms with Crippen molar-refractivity contribution in [3.63, 3.8) is 0 Å². The molecule has 61 heavy (non-hydrogen) atoms. The summed E-state index contributed by atoms with van der Waals surface area (Å²) in [5.41, 5.74) is 2.06. The SMILES string of the molecule is [2H]c1c([2H])c([2H])c(-c2cc(-c3c([2H])c([2H])c([2H])c([2H])c3[2H])c(N3CN(c4cccc(C(C)(C)c5ccc6c7c([2H])c([2H])c([2H])c([2H])c7n(-c7ccccn7)c6c5)c4)c4ccccc43)c(-c3c([2H])c([2H])c([2H])c([2H])c3[2H])c2)c([2H])c1[2H]. The van der Waals surface area contributed by atoms with Gasteiger partial charge in [-0.25, -0.2) is 4.98 Å². The van der Waals surface area contributed by atoms with E-state index in [1.165, 1.54) is 12.1 Å². The molecule has 4 heteroatoms. The van der Waals surface area contributed by atoms with Gasteiger partial charge in [-0.1, -0.05) is 165 Å². The minimum absolute atomic E-state index is 0.0166. The quantitative estimate of drug-likeness (QED) is 0.153. The molecule has 0 saturated heterocycles. The monoisotopic (exact) mass is 803 g/mol. The summed E-state index contributed by atoms with van der Waals surface area (Å²) in [5.74, 6) is 0.458. The van der Waals surface area contributed by atoms with Crippen LogP contribution in [0.25, 0.3) is 61.0 Å². The van der Waals surface area contributed by atoms with E-state index in [2.05, 4.69) is 4.98 Å². The zero-order valence-electron chi connectivity index (χ0n) is 51.8. The van der Waals surface area contributed by atoms with Crippen LogP contribution in [0.5, 0.6) is 0 Å². The predicted molar refractivity (Wildman–Crippen MR) is 255 cm³/mol. The fourth-order valence-electron chi connectivity index (χ4n) is 8.30. The van der Waals surface area contributed by atoms with E-state index >= 15 is 0 Å². The first-order chi connectivity index (χ1) is 37.9. The Morgan fingerprint density at radius 2 is 1.10 bits per heavy atom. The molecule has 0 fully saturated rings. The zero-order valence-corrected chi connectivity index (χ0v) is 32.8. The molecular weight excluding hydrogens is 741 g/mol. The lowest BCUT2D eigenvalue weighted by Crippen LogP contribution is -2.25. The molecule has 3 heterocycles. The van der Waals surface area contributed by atoms with E-state index in [0.29, 0.717) is 39.2 Å². The van der Waals surface area contributed by atoms with Crippen LogP contribution >= 0.6 is 0 Å². The van der Waals surface area contributed by atoms with E-state index in [-0.39, 0.29) is 75.4 Å². The molecule has 0 aliphatic carbocycles. The standard InChI is InChI=1S/C57H44N4/c1-57(2,45-32-33-48-47-27-12-13-28-51(47)61(54(48)38-45)55-31-16-17-34-58-55)44-25-18-26-46(37-44)59-39-60(53-30-15-14-29-52(53)59)56-49(41-21-8-4-9-22-41)35-43(40-19-6-3-7-20-40)36-50(56)42-23-10-5-11-24-42/h3-38H,39H2,1-2H3/i3D,4D,5D,6D,7D,8D,9D,10D,11D,12D,13D,19D,20D,21D,22D,23D,24D,27D,28D. The molecule has 0 radical (unpaired) electrons. The molecule has 0 unspecified atom stereocenters. The number of aromatic nitrogens is 2. The molecule has 0 bridgehead atoms. The Labute approximate surface area is 384 Å². The molecule has 292 valence electrons. The summed E-state index contributed by atoms with van der Waals surface area (Å²) >= 11 is 0. The normalized spacial score (nSPS) is 17.0. The highest BCUT2D eigenvalue weighted by Crippen LogP contribution is 2.51. The molecule has 0 amide bonds. The Balaban J connectivity index is 1.14. The zero-order chi connectivity index (χ0) is 57.5. The van der Waals surface area contributed by atoms with Gasteiger partial charge in [-0.3, -0.25) is 4.57 Å². The molecule has 4 nitrogen and oxygen atoms in total. The van der Waals surface area contributed by atoms with E-state index in [0.717, 1.165) is 11.1 Å². The molecule has 0 spiro atoms. The van der Waals surface area contributed by atoms with Gasteiger partial charge in [0.1, 0.15) is 12.5 Å². The van der Waals surface area contributed by atoms with Gasteiger partial charge in [-0.2, -0.15) is 0 Å². The number of anilines is 4. The summed E-state index contributed by atoms with van der Waals surface area (Å²) in [4.78, 5) is 8.29. The maximum atomic E-state index is 9.33. The molecule has 10 aromatic rings. The number of fused-ring (bicyclic) bond motifs is 4. The van der Waals surface area contributed by atoms with Gasteiger partial charge in [0, 0.05) is 39.2 Å². The van der Waals surface area contributed by atoms with E-state index in [1.54, 1.807) is 46.0 Å². The summed E-state index contributed by atoms with van der Waals surface area (Å²) in [7, 11) is 0. The number of nitrogens with zero attached hydrogens (tertiary/aromatic N) is 4. The number of hydrogen-bond donors (Lipinski definition) is 0. The van der Waals surface area contributed by atoms with Crippen molar-refractivity contribution in [1.82, 2.24) is 9.55 Å². The number of benzene rings is 8. The molecule has 8 aromatic carbocycles. The fourth-order valence-corrected chi connectivity index (χ4v) is 8.30. The Morgan fingerprint density at radius 3 is 1.77 bits per heavy atom. The van der Waals surface area contributed by atoms with Crippen molar-refractivity contribution in [3.8, 4) is 39.2 Å². The van der Waals surface area contributed by atoms with E-state index in [1.807, 2.05) is 73.3 Å². The highest BCUT2D eigenvalue weighted by atomic mass is 15.4. The summed E-state index contributed by atoms with van der Waals surface area (Å²) in [6, 6.07) is 17.3. The first-order valence-corrected chi connectivity index (χ1v) is 19.5. The van der Waals surface area contributed by atoms with Crippen LogP contribution in [0.3, 0.4) is 0 Å². The van der Waals surface area contributed by atoms with E-state index < -0.39 is 96.1 Å². The largest absolute Gasteiger partial charge is 0.321 e. The second-order valence-corrected chi connectivity index (χ2v) is 15.1. The fraction of sp³-hybridized carbons (Fsp3) is 0.0702. The van der Waals surface area contributed by atoms with Crippen LogP contribution in [-0.4, -0.2) is 16.2 Å². The van der Waals surface area contributed by atoms with Crippen LogP contribution in [0.15, 0.2) is 218 Å². The summed E-state index contributed by atoms with van der Waals surface area (Å²) in [5, 5.41) is 0.959. The Morgan fingerprint density at radius 1 is 0.492 bits per heavy atom. The maximum Gasteiger partial charge on any atom is 0.137 e. The predicted octanol–water partition coefficient (Wildman–Crippen LogP) is 14.8. The highest BCUT2D eigenvalue weighted by molar-refractivity contribution is 6.09. The molecule has 1 aliphatic heterocycles. The summed E-state index contributed by atoms with van der Waals surface area (Å²) in [6.07, 6.45) is 1.61. The van der Waals surface area contributed by atoms with Gasteiger partial charge in [-0.05, 0) is 94.0 Å². The van der Waals surface area contributed by atoms with Crippen molar-refractivity contribution in [2.24, 2.45) is 0 Å². The third-order valence-corrected chi connectivity index (χ3v) is 11.3. The molecule has 0 saturated carbocycles.